The summed E-state index contributed by atoms with van der Waals surface area (Å²) in [6, 6.07) is 0.696. The molecule has 1 saturated heterocycles. The van der Waals surface area contributed by atoms with Crippen molar-refractivity contribution in [2.45, 2.75) is 31.7 Å². The lowest BCUT2D eigenvalue weighted by atomic mass is 10.1. The Bertz CT molecular complexity index is 770. The van der Waals surface area contributed by atoms with Gasteiger partial charge in [-0.15, -0.1) is 11.3 Å². The number of amides is 1. The van der Waals surface area contributed by atoms with Gasteiger partial charge in [-0.2, -0.15) is 0 Å². The third-order valence-electron chi connectivity index (χ3n) is 5.02. The maximum atomic E-state index is 12.7. The van der Waals surface area contributed by atoms with Gasteiger partial charge in [-0.25, -0.2) is 4.98 Å². The number of thiazole rings is 1. The number of carbonyl (C=O) groups excluding carboxylic acids is 1. The Morgan fingerprint density at radius 1 is 1.17 bits per heavy atom. The fourth-order valence-corrected chi connectivity index (χ4v) is 4.38. The molecule has 2 aliphatic rings. The van der Waals surface area contributed by atoms with Crippen LogP contribution in [0.2, 0.25) is 0 Å². The minimum Gasteiger partial charge on any atom is -0.336 e. The smallest absolute Gasteiger partial charge is 0.271 e. The summed E-state index contributed by atoms with van der Waals surface area (Å²) in [5.41, 5.74) is -0.0883. The first kappa shape index (κ1) is 14.8. The van der Waals surface area contributed by atoms with Crippen molar-refractivity contribution in [3.05, 3.63) is 33.7 Å². The molecule has 2 aromatic rings. The van der Waals surface area contributed by atoms with Crippen molar-refractivity contribution in [1.82, 2.24) is 19.2 Å². The molecule has 6 nitrogen and oxygen atoms in total. The molecular weight excluding hydrogens is 312 g/mol. The molecule has 0 N–H and O–H groups in total. The molecule has 0 bridgehead atoms. The Balaban J connectivity index is 1.48. The molecule has 122 valence electrons. The van der Waals surface area contributed by atoms with E-state index in [0.29, 0.717) is 24.1 Å². The van der Waals surface area contributed by atoms with Gasteiger partial charge in [-0.1, -0.05) is 12.8 Å². The average molecular weight is 332 g/mol. The lowest BCUT2D eigenvalue weighted by Gasteiger charge is -2.37. The molecule has 0 spiro atoms. The van der Waals surface area contributed by atoms with Crippen LogP contribution >= 0.6 is 11.3 Å². The molecule has 1 aliphatic carbocycles. The molecule has 4 rings (SSSR count). The number of hydrogen-bond donors (Lipinski definition) is 0. The van der Waals surface area contributed by atoms with Crippen molar-refractivity contribution >= 4 is 22.2 Å². The SMILES string of the molecule is O=C(c1cnc2sccn2c1=O)N1CCN(C2CCCC2)CC1. The number of aromatic nitrogens is 2. The van der Waals surface area contributed by atoms with Crippen LogP contribution in [0, 0.1) is 0 Å². The number of carbonyl (C=O) groups is 1. The van der Waals surface area contributed by atoms with E-state index in [1.807, 2.05) is 0 Å². The van der Waals surface area contributed by atoms with Crippen molar-refractivity contribution in [2.24, 2.45) is 0 Å². The van der Waals surface area contributed by atoms with E-state index in [9.17, 15) is 9.59 Å². The van der Waals surface area contributed by atoms with E-state index in [1.54, 1.807) is 16.5 Å². The zero-order valence-electron chi connectivity index (χ0n) is 13.0. The number of piperazine rings is 1. The van der Waals surface area contributed by atoms with Crippen molar-refractivity contribution in [2.75, 3.05) is 26.2 Å². The van der Waals surface area contributed by atoms with Crippen LogP contribution in [0.3, 0.4) is 0 Å². The molecule has 0 atom stereocenters. The summed E-state index contributed by atoms with van der Waals surface area (Å²) < 4.78 is 1.45. The second-order valence-corrected chi connectivity index (χ2v) is 7.17. The van der Waals surface area contributed by atoms with Crippen LogP contribution in [0.1, 0.15) is 36.0 Å². The predicted molar refractivity (Wildman–Crippen MR) is 89.1 cm³/mol. The van der Waals surface area contributed by atoms with Gasteiger partial charge in [0.15, 0.2) is 4.96 Å². The highest BCUT2D eigenvalue weighted by atomic mass is 32.1. The molecule has 2 fully saturated rings. The van der Waals surface area contributed by atoms with E-state index in [2.05, 4.69) is 9.88 Å². The van der Waals surface area contributed by atoms with Crippen molar-refractivity contribution < 1.29 is 4.79 Å². The molecule has 0 unspecified atom stereocenters. The summed E-state index contributed by atoms with van der Waals surface area (Å²) in [5.74, 6) is -0.186. The molecule has 7 heteroatoms. The van der Waals surface area contributed by atoms with Crippen LogP contribution < -0.4 is 5.56 Å². The highest BCUT2D eigenvalue weighted by Crippen LogP contribution is 2.24. The van der Waals surface area contributed by atoms with Gasteiger partial charge < -0.3 is 4.90 Å². The summed E-state index contributed by atoms with van der Waals surface area (Å²) in [6.07, 6.45) is 8.33. The van der Waals surface area contributed by atoms with E-state index in [1.165, 1.54) is 47.6 Å². The lowest BCUT2D eigenvalue weighted by Crippen LogP contribution is -2.52. The van der Waals surface area contributed by atoms with E-state index >= 15 is 0 Å². The Kier molecular flexibility index (Phi) is 3.90. The summed E-state index contributed by atoms with van der Waals surface area (Å²) in [7, 11) is 0. The van der Waals surface area contributed by atoms with Gasteiger partial charge in [-0.05, 0) is 12.8 Å². The average Bonchev–Trinajstić information content (AvgIpc) is 3.27. The van der Waals surface area contributed by atoms with E-state index in [4.69, 9.17) is 0 Å². The summed E-state index contributed by atoms with van der Waals surface area (Å²) >= 11 is 1.39. The molecule has 2 aromatic heterocycles. The standard InChI is InChI=1S/C16H20N4O2S/c21-14(13-11-17-16-20(15(13)22)9-10-23-16)19-7-5-18(6-8-19)12-3-1-2-4-12/h9-12H,1-8H2. The molecule has 1 saturated carbocycles. The van der Waals surface area contributed by atoms with Gasteiger partial charge in [0.05, 0.1) is 0 Å². The zero-order valence-corrected chi connectivity index (χ0v) is 13.8. The van der Waals surface area contributed by atoms with Gasteiger partial charge in [0.2, 0.25) is 0 Å². The highest BCUT2D eigenvalue weighted by molar-refractivity contribution is 7.15. The van der Waals surface area contributed by atoms with Gasteiger partial charge >= 0.3 is 0 Å². The van der Waals surface area contributed by atoms with E-state index < -0.39 is 0 Å². The lowest BCUT2D eigenvalue weighted by molar-refractivity contribution is 0.0571. The molecule has 3 heterocycles. The topological polar surface area (TPSA) is 57.9 Å². The quantitative estimate of drug-likeness (QED) is 0.835. The fraction of sp³-hybridized carbons (Fsp3) is 0.562. The molecule has 1 aliphatic heterocycles. The van der Waals surface area contributed by atoms with Gasteiger partial charge in [0.25, 0.3) is 11.5 Å². The van der Waals surface area contributed by atoms with Crippen molar-refractivity contribution in [3.8, 4) is 0 Å². The Morgan fingerprint density at radius 2 is 1.91 bits per heavy atom. The van der Waals surface area contributed by atoms with Gasteiger partial charge in [-0.3, -0.25) is 18.9 Å². The van der Waals surface area contributed by atoms with Gasteiger partial charge in [0, 0.05) is 50.0 Å². The second kappa shape index (κ2) is 6.05. The number of rotatable bonds is 2. The third-order valence-corrected chi connectivity index (χ3v) is 5.79. The van der Waals surface area contributed by atoms with Crippen LogP contribution in [0.4, 0.5) is 0 Å². The van der Waals surface area contributed by atoms with Crippen molar-refractivity contribution in [3.63, 3.8) is 0 Å². The van der Waals surface area contributed by atoms with Crippen LogP contribution in [-0.4, -0.2) is 57.3 Å². The van der Waals surface area contributed by atoms with E-state index in [-0.39, 0.29) is 17.0 Å². The summed E-state index contributed by atoms with van der Waals surface area (Å²) in [5, 5.41) is 1.80. The first-order valence-corrected chi connectivity index (χ1v) is 9.10. The maximum Gasteiger partial charge on any atom is 0.271 e. The van der Waals surface area contributed by atoms with Crippen LogP contribution in [0.15, 0.2) is 22.6 Å². The fourth-order valence-electron chi connectivity index (χ4n) is 3.70. The normalized spacial score (nSPS) is 20.4. The third kappa shape index (κ3) is 2.68. The molecule has 1 amide bonds. The zero-order chi connectivity index (χ0) is 15.8. The predicted octanol–water partition coefficient (Wildman–Crippen LogP) is 1.46. The first-order valence-electron chi connectivity index (χ1n) is 8.22. The minimum absolute atomic E-state index is 0.176. The Morgan fingerprint density at radius 3 is 2.65 bits per heavy atom. The number of fused-ring (bicyclic) bond motifs is 1. The van der Waals surface area contributed by atoms with E-state index in [0.717, 1.165) is 13.1 Å². The number of nitrogens with zero attached hydrogens (tertiary/aromatic N) is 4. The van der Waals surface area contributed by atoms with Crippen LogP contribution in [-0.2, 0) is 0 Å². The van der Waals surface area contributed by atoms with Gasteiger partial charge in [0.1, 0.15) is 5.56 Å². The largest absolute Gasteiger partial charge is 0.336 e. The molecule has 0 aromatic carbocycles. The Hall–Kier alpha value is -1.73. The minimum atomic E-state index is -0.264. The van der Waals surface area contributed by atoms with Crippen LogP contribution in [0.5, 0.6) is 0 Å². The maximum absolute atomic E-state index is 12.7. The van der Waals surface area contributed by atoms with Crippen LogP contribution in [0.25, 0.3) is 4.96 Å². The monoisotopic (exact) mass is 332 g/mol. The Labute approximate surface area is 138 Å². The first-order chi connectivity index (χ1) is 11.2. The molecular formula is C16H20N4O2S. The summed E-state index contributed by atoms with van der Waals surface area (Å²) in [6.45, 7) is 3.21. The number of hydrogen-bond acceptors (Lipinski definition) is 5. The second-order valence-electron chi connectivity index (χ2n) is 6.30. The summed E-state index contributed by atoms with van der Waals surface area (Å²) in [4.78, 5) is 34.2. The highest BCUT2D eigenvalue weighted by Gasteiger charge is 2.29. The van der Waals surface area contributed by atoms with Crippen molar-refractivity contribution in [1.29, 1.82) is 0 Å². The molecule has 23 heavy (non-hydrogen) atoms. The molecule has 0 radical (unpaired) electrons.